The van der Waals surface area contributed by atoms with Gasteiger partial charge in [0.05, 0.1) is 12.7 Å². The SMILES string of the molecule is Cc1cc(C)cc(OC(C)C(=O)Nc2ccnn2Cc2ccccc2)c1. The summed E-state index contributed by atoms with van der Waals surface area (Å²) in [4.78, 5) is 12.5. The van der Waals surface area contributed by atoms with Crippen molar-refractivity contribution in [1.82, 2.24) is 9.78 Å². The monoisotopic (exact) mass is 349 g/mol. The first-order chi connectivity index (χ1) is 12.5. The molecule has 1 atom stereocenters. The molecule has 134 valence electrons. The summed E-state index contributed by atoms with van der Waals surface area (Å²) < 4.78 is 7.56. The van der Waals surface area contributed by atoms with Crippen molar-refractivity contribution < 1.29 is 9.53 Å². The molecule has 0 spiro atoms. The number of hydrogen-bond acceptors (Lipinski definition) is 3. The van der Waals surface area contributed by atoms with Gasteiger partial charge in [0, 0.05) is 6.07 Å². The third-order valence-corrected chi connectivity index (χ3v) is 4.02. The topological polar surface area (TPSA) is 56.1 Å². The van der Waals surface area contributed by atoms with E-state index in [1.54, 1.807) is 23.9 Å². The molecule has 0 radical (unpaired) electrons. The Hall–Kier alpha value is -3.08. The Morgan fingerprint density at radius 1 is 1.12 bits per heavy atom. The van der Waals surface area contributed by atoms with Crippen LogP contribution in [0.3, 0.4) is 0 Å². The third kappa shape index (κ3) is 4.51. The minimum absolute atomic E-state index is 0.209. The average molecular weight is 349 g/mol. The summed E-state index contributed by atoms with van der Waals surface area (Å²) in [7, 11) is 0. The fourth-order valence-electron chi connectivity index (χ4n) is 2.81. The lowest BCUT2D eigenvalue weighted by Crippen LogP contribution is -2.31. The molecule has 0 aliphatic heterocycles. The summed E-state index contributed by atoms with van der Waals surface area (Å²) in [5, 5.41) is 7.19. The fraction of sp³-hybridized carbons (Fsp3) is 0.238. The van der Waals surface area contributed by atoms with Crippen molar-refractivity contribution in [3.8, 4) is 5.75 Å². The van der Waals surface area contributed by atoms with Gasteiger partial charge in [0.15, 0.2) is 6.10 Å². The normalized spacial score (nSPS) is 11.8. The van der Waals surface area contributed by atoms with Crippen LogP contribution in [0.1, 0.15) is 23.6 Å². The molecule has 1 amide bonds. The second-order valence-electron chi connectivity index (χ2n) is 6.43. The number of hydrogen-bond donors (Lipinski definition) is 1. The predicted octanol–water partition coefficient (Wildman–Crippen LogP) is 3.95. The van der Waals surface area contributed by atoms with Gasteiger partial charge in [0.1, 0.15) is 11.6 Å². The van der Waals surface area contributed by atoms with Gasteiger partial charge in [-0.1, -0.05) is 36.4 Å². The Kier molecular flexibility index (Phi) is 5.37. The van der Waals surface area contributed by atoms with Crippen molar-refractivity contribution in [2.75, 3.05) is 5.32 Å². The summed E-state index contributed by atoms with van der Waals surface area (Å²) in [5.74, 6) is 1.14. The number of carbonyl (C=O) groups excluding carboxylic acids is 1. The summed E-state index contributed by atoms with van der Waals surface area (Å²) in [6.07, 6.45) is 1.06. The molecule has 0 aliphatic rings. The zero-order valence-corrected chi connectivity index (χ0v) is 15.3. The first-order valence-electron chi connectivity index (χ1n) is 8.63. The molecular weight excluding hydrogens is 326 g/mol. The number of amides is 1. The van der Waals surface area contributed by atoms with Crippen molar-refractivity contribution in [3.63, 3.8) is 0 Å². The second-order valence-corrected chi connectivity index (χ2v) is 6.43. The molecule has 1 aromatic heterocycles. The van der Waals surface area contributed by atoms with Crippen molar-refractivity contribution in [1.29, 1.82) is 0 Å². The number of carbonyl (C=O) groups is 1. The van der Waals surface area contributed by atoms with Gasteiger partial charge in [0.25, 0.3) is 5.91 Å². The van der Waals surface area contributed by atoms with Crippen LogP contribution in [0.4, 0.5) is 5.82 Å². The number of aryl methyl sites for hydroxylation is 2. The summed E-state index contributed by atoms with van der Waals surface area (Å²) in [6, 6.07) is 17.7. The van der Waals surface area contributed by atoms with Gasteiger partial charge < -0.3 is 10.1 Å². The Labute approximate surface area is 153 Å². The van der Waals surface area contributed by atoms with Gasteiger partial charge in [-0.25, -0.2) is 4.68 Å². The quantitative estimate of drug-likeness (QED) is 0.733. The Morgan fingerprint density at radius 3 is 2.50 bits per heavy atom. The maximum atomic E-state index is 12.5. The molecule has 1 N–H and O–H groups in total. The molecule has 26 heavy (non-hydrogen) atoms. The molecule has 3 aromatic rings. The highest BCUT2D eigenvalue weighted by molar-refractivity contribution is 5.93. The second kappa shape index (κ2) is 7.87. The molecule has 0 fully saturated rings. The van der Waals surface area contributed by atoms with Crippen LogP contribution in [-0.4, -0.2) is 21.8 Å². The van der Waals surface area contributed by atoms with Gasteiger partial charge in [-0.3, -0.25) is 4.79 Å². The zero-order chi connectivity index (χ0) is 18.5. The van der Waals surface area contributed by atoms with E-state index in [0.29, 0.717) is 18.1 Å². The van der Waals surface area contributed by atoms with Crippen LogP contribution in [0.5, 0.6) is 5.75 Å². The number of rotatable bonds is 6. The van der Waals surface area contributed by atoms with E-state index in [-0.39, 0.29) is 5.91 Å². The fourth-order valence-corrected chi connectivity index (χ4v) is 2.81. The highest BCUT2D eigenvalue weighted by atomic mass is 16.5. The number of aromatic nitrogens is 2. The van der Waals surface area contributed by atoms with Crippen molar-refractivity contribution >= 4 is 11.7 Å². The zero-order valence-electron chi connectivity index (χ0n) is 15.3. The van der Waals surface area contributed by atoms with Crippen molar-refractivity contribution in [3.05, 3.63) is 77.5 Å². The van der Waals surface area contributed by atoms with Crippen LogP contribution < -0.4 is 10.1 Å². The average Bonchev–Trinajstić information content (AvgIpc) is 3.01. The smallest absolute Gasteiger partial charge is 0.266 e. The molecule has 2 aromatic carbocycles. The summed E-state index contributed by atoms with van der Waals surface area (Å²) in [6.45, 7) is 6.35. The molecule has 5 nitrogen and oxygen atoms in total. The minimum Gasteiger partial charge on any atom is -0.481 e. The maximum Gasteiger partial charge on any atom is 0.266 e. The van der Waals surface area contributed by atoms with Crippen molar-refractivity contribution in [2.45, 2.75) is 33.4 Å². The van der Waals surface area contributed by atoms with Gasteiger partial charge >= 0.3 is 0 Å². The lowest BCUT2D eigenvalue weighted by atomic mass is 10.1. The van der Waals surface area contributed by atoms with E-state index in [0.717, 1.165) is 16.7 Å². The molecule has 1 heterocycles. The molecule has 0 aliphatic carbocycles. The number of ether oxygens (including phenoxy) is 1. The van der Waals surface area contributed by atoms with Crippen LogP contribution in [-0.2, 0) is 11.3 Å². The Balaban J connectivity index is 1.65. The van der Waals surface area contributed by atoms with E-state index in [4.69, 9.17) is 4.74 Å². The summed E-state index contributed by atoms with van der Waals surface area (Å²) in [5.41, 5.74) is 3.33. The summed E-state index contributed by atoms with van der Waals surface area (Å²) >= 11 is 0. The van der Waals surface area contributed by atoms with E-state index >= 15 is 0 Å². The molecule has 0 bridgehead atoms. The van der Waals surface area contributed by atoms with Crippen LogP contribution in [0.2, 0.25) is 0 Å². The maximum absolute atomic E-state index is 12.5. The van der Waals surface area contributed by atoms with Crippen LogP contribution in [0.25, 0.3) is 0 Å². The number of benzene rings is 2. The van der Waals surface area contributed by atoms with E-state index in [1.807, 2.05) is 56.3 Å². The number of nitrogens with one attached hydrogen (secondary N) is 1. The molecule has 5 heteroatoms. The molecule has 3 rings (SSSR count). The van der Waals surface area contributed by atoms with Crippen LogP contribution in [0, 0.1) is 13.8 Å². The Bertz CT molecular complexity index is 867. The molecule has 0 saturated heterocycles. The van der Waals surface area contributed by atoms with Gasteiger partial charge in [-0.2, -0.15) is 5.10 Å². The standard InChI is InChI=1S/C21H23N3O2/c1-15-11-16(2)13-19(12-15)26-17(3)21(25)23-20-9-10-22-24(20)14-18-7-5-4-6-8-18/h4-13,17H,14H2,1-3H3,(H,23,25). The lowest BCUT2D eigenvalue weighted by molar-refractivity contribution is -0.122. The highest BCUT2D eigenvalue weighted by Crippen LogP contribution is 2.18. The Morgan fingerprint density at radius 2 is 1.81 bits per heavy atom. The van der Waals surface area contributed by atoms with Crippen molar-refractivity contribution in [2.24, 2.45) is 0 Å². The number of nitrogens with zero attached hydrogens (tertiary/aromatic N) is 2. The molecule has 1 unspecified atom stereocenters. The molecule has 0 saturated carbocycles. The van der Waals surface area contributed by atoms with E-state index in [9.17, 15) is 4.79 Å². The van der Waals surface area contributed by atoms with Gasteiger partial charge in [-0.15, -0.1) is 0 Å². The largest absolute Gasteiger partial charge is 0.481 e. The minimum atomic E-state index is -0.615. The third-order valence-electron chi connectivity index (χ3n) is 4.02. The lowest BCUT2D eigenvalue weighted by Gasteiger charge is -2.16. The van der Waals surface area contributed by atoms with E-state index in [1.165, 1.54) is 0 Å². The highest BCUT2D eigenvalue weighted by Gasteiger charge is 2.17. The first kappa shape index (κ1) is 17.7. The number of anilines is 1. The van der Waals surface area contributed by atoms with Crippen LogP contribution in [0.15, 0.2) is 60.8 Å². The predicted molar refractivity (Wildman–Crippen MR) is 102 cm³/mol. The van der Waals surface area contributed by atoms with E-state index in [2.05, 4.69) is 16.5 Å². The first-order valence-corrected chi connectivity index (χ1v) is 8.63. The van der Waals surface area contributed by atoms with Crippen LogP contribution >= 0.6 is 0 Å². The van der Waals surface area contributed by atoms with Gasteiger partial charge in [0.2, 0.25) is 0 Å². The van der Waals surface area contributed by atoms with Gasteiger partial charge in [-0.05, 0) is 49.6 Å². The van der Waals surface area contributed by atoms with E-state index < -0.39 is 6.10 Å². The molecular formula is C21H23N3O2.